The first kappa shape index (κ1) is 23.3. The van der Waals surface area contributed by atoms with Gasteiger partial charge in [0.25, 0.3) is 5.91 Å². The molecule has 0 radical (unpaired) electrons. The fourth-order valence-electron chi connectivity index (χ4n) is 3.48. The van der Waals surface area contributed by atoms with Gasteiger partial charge in [-0.3, -0.25) is 14.5 Å². The fraction of sp³-hybridized carbons (Fsp3) is 0.417. The summed E-state index contributed by atoms with van der Waals surface area (Å²) in [7, 11) is 0. The highest BCUT2D eigenvalue weighted by molar-refractivity contribution is 6.30. The van der Waals surface area contributed by atoms with E-state index in [0.29, 0.717) is 41.0 Å². The number of carbonyl (C=O) groups is 2. The molecule has 1 fully saturated rings. The van der Waals surface area contributed by atoms with Crippen LogP contribution in [0.1, 0.15) is 29.8 Å². The van der Waals surface area contributed by atoms with Gasteiger partial charge in [-0.1, -0.05) is 25.4 Å². The second-order valence-corrected chi connectivity index (χ2v) is 8.54. The molecule has 0 aliphatic carbocycles. The summed E-state index contributed by atoms with van der Waals surface area (Å²) in [6, 6.07) is 13.5. The van der Waals surface area contributed by atoms with Gasteiger partial charge in [-0.2, -0.15) is 0 Å². The van der Waals surface area contributed by atoms with Crippen LogP contribution in [0, 0.1) is 5.92 Å². The highest BCUT2D eigenvalue weighted by Crippen LogP contribution is 2.17. The summed E-state index contributed by atoms with van der Waals surface area (Å²) in [4.78, 5) is 27.0. The van der Waals surface area contributed by atoms with Crippen molar-refractivity contribution in [3.8, 4) is 5.75 Å². The molecule has 6 nitrogen and oxygen atoms in total. The lowest BCUT2D eigenvalue weighted by Crippen LogP contribution is -2.48. The maximum absolute atomic E-state index is 12.5. The number of ketones is 1. The second-order valence-electron chi connectivity index (χ2n) is 8.10. The minimum atomic E-state index is -0.203. The number of hydrogen-bond donors (Lipinski definition) is 1. The van der Waals surface area contributed by atoms with Crippen LogP contribution in [0.5, 0.6) is 5.75 Å². The van der Waals surface area contributed by atoms with Gasteiger partial charge in [0.2, 0.25) is 0 Å². The van der Waals surface area contributed by atoms with Crippen LogP contribution < -0.4 is 10.1 Å². The maximum Gasteiger partial charge on any atom is 0.258 e. The Balaban J connectivity index is 1.42. The first-order chi connectivity index (χ1) is 14.9. The van der Waals surface area contributed by atoms with Gasteiger partial charge in [0.15, 0.2) is 12.4 Å². The molecule has 0 aromatic heterocycles. The van der Waals surface area contributed by atoms with E-state index in [9.17, 15) is 9.59 Å². The average molecular weight is 445 g/mol. The van der Waals surface area contributed by atoms with Gasteiger partial charge >= 0.3 is 0 Å². The molecule has 1 saturated heterocycles. The molecule has 2 aromatic carbocycles. The molecule has 1 aliphatic heterocycles. The Morgan fingerprint density at radius 3 is 2.42 bits per heavy atom. The van der Waals surface area contributed by atoms with Gasteiger partial charge in [-0.15, -0.1) is 0 Å². The van der Waals surface area contributed by atoms with Crippen molar-refractivity contribution < 1.29 is 19.1 Å². The Bertz CT molecular complexity index is 868. The van der Waals surface area contributed by atoms with Gasteiger partial charge in [-0.05, 0) is 54.4 Å². The number of halogens is 1. The predicted octanol–water partition coefficient (Wildman–Crippen LogP) is 3.42. The number of nitrogens with zero attached hydrogens (tertiary/aromatic N) is 1. The number of rotatable bonds is 9. The molecule has 1 amide bonds. The molecule has 3 rings (SSSR count). The maximum atomic E-state index is 12.5. The molecular weight excluding hydrogens is 416 g/mol. The van der Waals surface area contributed by atoms with E-state index in [1.54, 1.807) is 48.5 Å². The fourth-order valence-corrected chi connectivity index (χ4v) is 3.61. The van der Waals surface area contributed by atoms with Crippen LogP contribution in [-0.2, 0) is 9.53 Å². The van der Waals surface area contributed by atoms with Crippen molar-refractivity contribution in [2.75, 3.05) is 39.4 Å². The number of morpholine rings is 1. The van der Waals surface area contributed by atoms with E-state index in [1.807, 2.05) is 0 Å². The summed E-state index contributed by atoms with van der Waals surface area (Å²) in [6.45, 7) is 8.24. The molecule has 0 bridgehead atoms. The van der Waals surface area contributed by atoms with E-state index < -0.39 is 0 Å². The largest absolute Gasteiger partial charge is 0.484 e. The minimum Gasteiger partial charge on any atom is -0.484 e. The number of carbonyl (C=O) groups excluding carboxylic acids is 2. The Morgan fingerprint density at radius 1 is 1.13 bits per heavy atom. The third-order valence-electron chi connectivity index (χ3n) is 4.97. The molecule has 31 heavy (non-hydrogen) atoms. The first-order valence-electron chi connectivity index (χ1n) is 10.5. The Hall–Kier alpha value is -2.41. The molecule has 1 N–H and O–H groups in total. The monoisotopic (exact) mass is 444 g/mol. The highest BCUT2D eigenvalue weighted by Gasteiger charge is 2.21. The van der Waals surface area contributed by atoms with Crippen molar-refractivity contribution in [2.45, 2.75) is 20.0 Å². The number of benzene rings is 2. The zero-order valence-corrected chi connectivity index (χ0v) is 18.7. The van der Waals surface area contributed by atoms with Gasteiger partial charge in [0.05, 0.1) is 12.7 Å². The summed E-state index contributed by atoms with van der Waals surface area (Å²) in [5, 5.41) is 3.46. The van der Waals surface area contributed by atoms with E-state index in [0.717, 1.165) is 19.6 Å². The van der Waals surface area contributed by atoms with Crippen LogP contribution in [0.15, 0.2) is 48.5 Å². The lowest BCUT2D eigenvalue weighted by atomic mass is 10.0. The van der Waals surface area contributed by atoms with E-state index in [-0.39, 0.29) is 24.4 Å². The van der Waals surface area contributed by atoms with E-state index >= 15 is 0 Å². The lowest BCUT2D eigenvalue weighted by Gasteiger charge is -2.33. The first-order valence-corrected chi connectivity index (χ1v) is 10.9. The van der Waals surface area contributed by atoms with Crippen LogP contribution >= 0.6 is 11.6 Å². The summed E-state index contributed by atoms with van der Waals surface area (Å²) < 4.78 is 11.3. The predicted molar refractivity (Wildman–Crippen MR) is 121 cm³/mol. The van der Waals surface area contributed by atoms with Gasteiger partial charge in [0, 0.05) is 42.3 Å². The normalized spacial score (nSPS) is 16.8. The smallest absolute Gasteiger partial charge is 0.258 e. The zero-order chi connectivity index (χ0) is 22.2. The topological polar surface area (TPSA) is 67.9 Å². The molecule has 166 valence electrons. The zero-order valence-electron chi connectivity index (χ0n) is 18.0. The third kappa shape index (κ3) is 7.35. The molecular formula is C24H29ClN2O4. The number of amides is 1. The standard InChI is InChI=1S/C24H29ClN2O4/c1-17(2)14-27-11-12-30-22(15-27)13-26-23(28)16-31-21-9-5-19(6-10-21)24(29)18-3-7-20(25)8-4-18/h3-10,17,22H,11-16H2,1-2H3,(H,26,28). The Morgan fingerprint density at radius 2 is 1.77 bits per heavy atom. The molecule has 1 aliphatic rings. The van der Waals surface area contributed by atoms with E-state index in [2.05, 4.69) is 24.1 Å². The van der Waals surface area contributed by atoms with E-state index in [1.165, 1.54) is 0 Å². The van der Waals surface area contributed by atoms with Crippen LogP contribution in [0.25, 0.3) is 0 Å². The van der Waals surface area contributed by atoms with Crippen LogP contribution in [-0.4, -0.2) is 62.1 Å². The number of nitrogens with one attached hydrogen (secondary N) is 1. The van der Waals surface area contributed by atoms with Crippen molar-refractivity contribution in [3.63, 3.8) is 0 Å². The van der Waals surface area contributed by atoms with Crippen LogP contribution in [0.2, 0.25) is 5.02 Å². The van der Waals surface area contributed by atoms with Crippen molar-refractivity contribution in [2.24, 2.45) is 5.92 Å². The van der Waals surface area contributed by atoms with Crippen molar-refractivity contribution in [1.82, 2.24) is 10.2 Å². The van der Waals surface area contributed by atoms with Crippen molar-refractivity contribution in [3.05, 3.63) is 64.7 Å². The molecule has 7 heteroatoms. The van der Waals surface area contributed by atoms with Gasteiger partial charge in [-0.25, -0.2) is 0 Å². The number of ether oxygens (including phenoxy) is 2. The SMILES string of the molecule is CC(C)CN1CCOC(CNC(=O)COc2ccc(C(=O)c3ccc(Cl)cc3)cc2)C1. The quantitative estimate of drug-likeness (QED) is 0.600. The molecule has 0 saturated carbocycles. The summed E-state index contributed by atoms with van der Waals surface area (Å²) >= 11 is 5.86. The van der Waals surface area contributed by atoms with Gasteiger partial charge in [0.1, 0.15) is 5.75 Å². The molecule has 1 atom stereocenters. The summed E-state index contributed by atoms with van der Waals surface area (Å²) in [5.41, 5.74) is 1.11. The van der Waals surface area contributed by atoms with E-state index in [4.69, 9.17) is 21.1 Å². The van der Waals surface area contributed by atoms with Crippen molar-refractivity contribution in [1.29, 1.82) is 0 Å². The number of hydrogen-bond acceptors (Lipinski definition) is 5. The second kappa shape index (κ2) is 11.3. The average Bonchev–Trinajstić information content (AvgIpc) is 2.76. The van der Waals surface area contributed by atoms with Crippen LogP contribution in [0.4, 0.5) is 0 Å². The Labute approximate surface area is 188 Å². The molecule has 2 aromatic rings. The lowest BCUT2D eigenvalue weighted by molar-refractivity contribution is -0.124. The van der Waals surface area contributed by atoms with Crippen molar-refractivity contribution >= 4 is 23.3 Å². The molecule has 1 heterocycles. The third-order valence-corrected chi connectivity index (χ3v) is 5.22. The van der Waals surface area contributed by atoms with Gasteiger partial charge < -0.3 is 14.8 Å². The Kier molecular flexibility index (Phi) is 8.46. The molecule has 0 spiro atoms. The molecule has 1 unspecified atom stereocenters. The minimum absolute atomic E-state index is 0.00499. The summed E-state index contributed by atoms with van der Waals surface area (Å²) in [6.07, 6.45) is -0.00499. The highest BCUT2D eigenvalue weighted by atomic mass is 35.5. The van der Waals surface area contributed by atoms with Crippen LogP contribution in [0.3, 0.4) is 0 Å². The summed E-state index contributed by atoms with van der Waals surface area (Å²) in [5.74, 6) is 0.834.